The predicted molar refractivity (Wildman–Crippen MR) is 242 cm³/mol. The number of hydrogen-bond acceptors (Lipinski definition) is 1. The van der Waals surface area contributed by atoms with E-state index < -0.39 is 0 Å². The average molecular weight is 740 g/mol. The molecule has 1 aliphatic carbocycles. The minimum absolute atomic E-state index is 0.295. The molecule has 272 valence electrons. The minimum atomic E-state index is 0.295. The summed E-state index contributed by atoms with van der Waals surface area (Å²) in [5.41, 5.74) is 16.1. The van der Waals surface area contributed by atoms with Gasteiger partial charge >= 0.3 is 0 Å². The number of fused-ring (bicyclic) bond motifs is 6. The normalized spacial score (nSPS) is 14.0. The number of rotatable bonds is 6. The van der Waals surface area contributed by atoms with E-state index in [0.717, 1.165) is 23.2 Å². The zero-order chi connectivity index (χ0) is 38.6. The van der Waals surface area contributed by atoms with Crippen molar-refractivity contribution >= 4 is 49.2 Å². The van der Waals surface area contributed by atoms with Crippen molar-refractivity contribution < 1.29 is 0 Å². The molecule has 3 nitrogen and oxygen atoms in total. The molecule has 3 heteroatoms. The third-order valence-electron chi connectivity index (χ3n) is 11.9. The van der Waals surface area contributed by atoms with Gasteiger partial charge in [0.15, 0.2) is 0 Å². The first kappa shape index (κ1) is 33.6. The van der Waals surface area contributed by atoms with Gasteiger partial charge in [-0.3, -0.25) is 0 Å². The van der Waals surface area contributed by atoms with Crippen molar-refractivity contribution in [3.8, 4) is 39.7 Å². The molecule has 2 heterocycles. The Hall–Kier alpha value is -7.67. The van der Waals surface area contributed by atoms with Crippen LogP contribution in [-0.2, 0) is 0 Å². The lowest BCUT2D eigenvalue weighted by Crippen LogP contribution is -1.99. The molecule has 1 unspecified atom stereocenters. The third-order valence-corrected chi connectivity index (χ3v) is 11.9. The van der Waals surface area contributed by atoms with Crippen LogP contribution >= 0.6 is 0 Å². The summed E-state index contributed by atoms with van der Waals surface area (Å²) in [5.74, 6) is 0.295. The van der Waals surface area contributed by atoms with Gasteiger partial charge in [0, 0.05) is 38.8 Å². The number of allylic oxidation sites excluding steroid dienone is 4. The summed E-state index contributed by atoms with van der Waals surface area (Å²) < 4.78 is 4.77. The van der Waals surface area contributed by atoms with Crippen LogP contribution in [0.4, 0.5) is 0 Å². The van der Waals surface area contributed by atoms with Crippen LogP contribution in [0.5, 0.6) is 0 Å². The standard InChI is InChI=1S/C55H37N3/c56-36-37-11-8-14-41(31-37)43-16-10-18-47(33-43)58-53-22-7-5-20-49(53)51-35-45(28-30-55(51)58)40-25-23-39(24-26-40)44-27-29-54-50(34-44)48-19-4-6-21-52(48)57(54)46-17-9-15-42(32-46)38-12-2-1-3-13-38/h1-23,25-35,39H,24H2. The first-order valence-electron chi connectivity index (χ1n) is 19.9. The molecule has 1 aliphatic rings. The maximum Gasteiger partial charge on any atom is 0.0991 e. The van der Waals surface area contributed by atoms with E-state index in [2.05, 4.69) is 203 Å². The molecule has 0 saturated heterocycles. The van der Waals surface area contributed by atoms with Crippen LogP contribution in [0, 0.1) is 11.3 Å². The zero-order valence-corrected chi connectivity index (χ0v) is 31.8. The maximum absolute atomic E-state index is 9.50. The van der Waals surface area contributed by atoms with Crippen LogP contribution < -0.4 is 0 Å². The highest BCUT2D eigenvalue weighted by Crippen LogP contribution is 2.39. The number of benzene rings is 8. The lowest BCUT2D eigenvalue weighted by Gasteiger charge is -2.18. The number of aromatic nitrogens is 2. The van der Waals surface area contributed by atoms with E-state index in [4.69, 9.17) is 0 Å². The predicted octanol–water partition coefficient (Wildman–Crippen LogP) is 14.2. The average Bonchev–Trinajstić information content (AvgIpc) is 3.82. The fourth-order valence-electron chi connectivity index (χ4n) is 9.06. The van der Waals surface area contributed by atoms with E-state index >= 15 is 0 Å². The van der Waals surface area contributed by atoms with Crippen molar-refractivity contribution in [3.05, 3.63) is 223 Å². The first-order chi connectivity index (χ1) is 28.7. The summed E-state index contributed by atoms with van der Waals surface area (Å²) in [4.78, 5) is 0. The number of nitrogens with zero attached hydrogens (tertiary/aromatic N) is 3. The summed E-state index contributed by atoms with van der Waals surface area (Å²) in [6.07, 6.45) is 8.05. The molecule has 8 aromatic carbocycles. The van der Waals surface area contributed by atoms with Gasteiger partial charge in [0.2, 0.25) is 0 Å². The van der Waals surface area contributed by atoms with Gasteiger partial charge in [-0.25, -0.2) is 0 Å². The summed E-state index contributed by atoms with van der Waals surface area (Å²) in [6, 6.07) is 69.6. The number of para-hydroxylation sites is 2. The molecule has 11 rings (SSSR count). The van der Waals surface area contributed by atoms with E-state index in [0.29, 0.717) is 11.5 Å². The third kappa shape index (κ3) is 5.66. The van der Waals surface area contributed by atoms with Gasteiger partial charge in [0.05, 0.1) is 33.7 Å². The highest BCUT2D eigenvalue weighted by molar-refractivity contribution is 6.11. The van der Waals surface area contributed by atoms with Crippen molar-refractivity contribution in [2.45, 2.75) is 12.3 Å². The highest BCUT2D eigenvalue weighted by Gasteiger charge is 2.19. The Morgan fingerprint density at radius 2 is 0.983 bits per heavy atom. The van der Waals surface area contributed by atoms with Crippen molar-refractivity contribution in [3.63, 3.8) is 0 Å². The summed E-state index contributed by atoms with van der Waals surface area (Å²) in [7, 11) is 0. The quantitative estimate of drug-likeness (QED) is 0.167. The Balaban J connectivity index is 0.920. The summed E-state index contributed by atoms with van der Waals surface area (Å²) in [5, 5.41) is 14.5. The molecule has 10 aromatic rings. The van der Waals surface area contributed by atoms with Crippen LogP contribution in [0.15, 0.2) is 206 Å². The Bertz CT molecular complexity index is 3330. The van der Waals surface area contributed by atoms with E-state index in [1.807, 2.05) is 18.2 Å². The van der Waals surface area contributed by atoms with Crippen LogP contribution in [0.2, 0.25) is 0 Å². The zero-order valence-electron chi connectivity index (χ0n) is 31.8. The Morgan fingerprint density at radius 1 is 0.431 bits per heavy atom. The van der Waals surface area contributed by atoms with Crippen LogP contribution in [-0.4, -0.2) is 9.13 Å². The van der Waals surface area contributed by atoms with Crippen molar-refractivity contribution in [2.24, 2.45) is 0 Å². The second-order valence-corrected chi connectivity index (χ2v) is 15.2. The Kier molecular flexibility index (Phi) is 8.01. The molecule has 0 bridgehead atoms. The summed E-state index contributed by atoms with van der Waals surface area (Å²) in [6.45, 7) is 0. The molecule has 0 aliphatic heterocycles. The second-order valence-electron chi connectivity index (χ2n) is 15.2. The molecule has 0 fully saturated rings. The fraction of sp³-hybridized carbons (Fsp3) is 0.0364. The number of hydrogen-bond donors (Lipinski definition) is 0. The van der Waals surface area contributed by atoms with Gasteiger partial charge in [-0.05, 0) is 118 Å². The lowest BCUT2D eigenvalue weighted by atomic mass is 9.87. The SMILES string of the molecule is N#Cc1cccc(-c2cccc(-n3c4ccccc4c4cc(C5=CCC(c6ccc7c(c6)c6ccccc6n7-c6cccc(-c7ccccc7)c6)C=C5)ccc43)c2)c1. The van der Waals surface area contributed by atoms with Gasteiger partial charge in [0.25, 0.3) is 0 Å². The monoisotopic (exact) mass is 739 g/mol. The van der Waals surface area contributed by atoms with Crippen LogP contribution in [0.1, 0.15) is 29.0 Å². The maximum atomic E-state index is 9.50. The van der Waals surface area contributed by atoms with Crippen LogP contribution in [0.3, 0.4) is 0 Å². The molecule has 0 saturated carbocycles. The van der Waals surface area contributed by atoms with E-state index in [1.54, 1.807) is 0 Å². The molecule has 0 spiro atoms. The smallest absolute Gasteiger partial charge is 0.0991 e. The molecule has 1 atom stereocenters. The van der Waals surface area contributed by atoms with E-state index in [1.165, 1.54) is 77.1 Å². The molecule has 58 heavy (non-hydrogen) atoms. The first-order valence-corrected chi connectivity index (χ1v) is 19.9. The highest BCUT2D eigenvalue weighted by atomic mass is 15.0. The van der Waals surface area contributed by atoms with Gasteiger partial charge in [-0.1, -0.05) is 133 Å². The molecule has 0 radical (unpaired) electrons. The largest absolute Gasteiger partial charge is 0.309 e. The molecule has 0 amide bonds. The van der Waals surface area contributed by atoms with Crippen molar-refractivity contribution in [2.75, 3.05) is 0 Å². The molecular weight excluding hydrogens is 703 g/mol. The number of nitriles is 1. The van der Waals surface area contributed by atoms with Gasteiger partial charge in [-0.2, -0.15) is 5.26 Å². The fourth-order valence-corrected chi connectivity index (χ4v) is 9.06. The Morgan fingerprint density at radius 3 is 1.64 bits per heavy atom. The second kappa shape index (κ2) is 13.8. The minimum Gasteiger partial charge on any atom is -0.309 e. The summed E-state index contributed by atoms with van der Waals surface area (Å²) >= 11 is 0. The molecule has 2 aromatic heterocycles. The van der Waals surface area contributed by atoms with Crippen molar-refractivity contribution in [1.29, 1.82) is 5.26 Å². The lowest BCUT2D eigenvalue weighted by molar-refractivity contribution is 0.858. The van der Waals surface area contributed by atoms with Gasteiger partial charge < -0.3 is 9.13 Å². The van der Waals surface area contributed by atoms with Crippen LogP contribution in [0.25, 0.3) is 82.8 Å². The van der Waals surface area contributed by atoms with Crippen molar-refractivity contribution in [1.82, 2.24) is 9.13 Å². The van der Waals surface area contributed by atoms with E-state index in [-0.39, 0.29) is 0 Å². The Labute approximate surface area is 337 Å². The molecule has 0 N–H and O–H groups in total. The topological polar surface area (TPSA) is 33.6 Å². The van der Waals surface area contributed by atoms with Gasteiger partial charge in [0.1, 0.15) is 0 Å². The van der Waals surface area contributed by atoms with E-state index in [9.17, 15) is 5.26 Å². The van der Waals surface area contributed by atoms with Gasteiger partial charge in [-0.15, -0.1) is 0 Å². The molecular formula is C55H37N3.